The Balaban J connectivity index is 2.55. The normalized spacial score (nSPS) is 10.3. The number of non-ortho nitro benzene ring substituents is 2. The molecule has 8 nitrogen and oxygen atoms in total. The molecule has 0 aromatic heterocycles. The Labute approximate surface area is 175 Å². The van der Waals surface area contributed by atoms with Crippen molar-refractivity contribution in [2.75, 3.05) is 11.5 Å². The summed E-state index contributed by atoms with van der Waals surface area (Å²) in [5, 5.41) is 22.1. The number of nitrogen functional groups attached to an aromatic ring is 2. The Kier molecular flexibility index (Phi) is 6.34. The number of nitro groups is 2. The van der Waals surface area contributed by atoms with Gasteiger partial charge in [-0.05, 0) is 0 Å². The van der Waals surface area contributed by atoms with Crippen LogP contribution in [0.25, 0.3) is 0 Å². The molecule has 106 valence electrons. The Morgan fingerprint density at radius 2 is 1.17 bits per heavy atom. The van der Waals surface area contributed by atoms with Crippen LogP contribution in [0.15, 0.2) is 24.3 Å². The molecule has 2 rings (SSSR count). The van der Waals surface area contributed by atoms with Crippen molar-refractivity contribution in [3.8, 4) is 0 Å². The van der Waals surface area contributed by atoms with Crippen molar-refractivity contribution in [3.05, 3.63) is 44.5 Å². The molecule has 11 heteroatoms. The van der Waals surface area contributed by atoms with Crippen LogP contribution < -0.4 is 23.8 Å². The first kappa shape index (κ1) is 19.0. The minimum atomic E-state index is -2.13. The van der Waals surface area contributed by atoms with Crippen LogP contribution >= 0.6 is 0 Å². The maximum atomic E-state index is 11.0. The summed E-state index contributed by atoms with van der Waals surface area (Å²) in [5.41, 5.74) is 13.5. The van der Waals surface area contributed by atoms with Crippen molar-refractivity contribution in [2.45, 2.75) is 0 Å². The third-order valence-corrected chi connectivity index (χ3v) is 15.5. The Hall–Kier alpha value is -0.355. The van der Waals surface area contributed by atoms with E-state index < -0.39 is 34.4 Å². The minimum absolute atomic E-state index is 0.0399. The van der Waals surface area contributed by atoms with Crippen molar-refractivity contribution in [3.63, 3.8) is 0 Å². The third kappa shape index (κ3) is 4.39. The van der Waals surface area contributed by atoms with Crippen LogP contribution in [-0.2, 0) is 76.8 Å². The second-order valence-corrected chi connectivity index (χ2v) is 18.3. The fourth-order valence-electron chi connectivity index (χ4n) is 2.23. The van der Waals surface area contributed by atoms with Gasteiger partial charge in [-0.3, -0.25) is 0 Å². The Morgan fingerprint density at radius 1 is 0.826 bits per heavy atom. The van der Waals surface area contributed by atoms with Crippen molar-refractivity contribution in [2.24, 2.45) is 0 Å². The summed E-state index contributed by atoms with van der Waals surface area (Å²) in [5.74, 6) is 0. The molecule has 0 bridgehead atoms. The van der Waals surface area contributed by atoms with Crippen molar-refractivity contribution in [1.29, 1.82) is 0 Å². The summed E-state index contributed by atoms with van der Waals surface area (Å²) in [6, 6.07) is 6.08. The average Bonchev–Trinajstić information content (AvgIpc) is 2.47. The van der Waals surface area contributed by atoms with Crippen LogP contribution in [0.2, 0.25) is 0 Å². The molecule has 0 aliphatic rings. The van der Waals surface area contributed by atoms with Crippen LogP contribution in [0.3, 0.4) is 0 Å². The summed E-state index contributed by atoms with van der Waals surface area (Å²) < 4.78 is 3.30. The number of anilines is 2. The monoisotopic (exact) mass is 878 g/mol. The molecule has 0 heterocycles. The van der Waals surface area contributed by atoms with E-state index in [0.29, 0.717) is 11.4 Å². The van der Waals surface area contributed by atoms with E-state index in [2.05, 4.69) is 0 Å². The number of benzene rings is 2. The summed E-state index contributed by atoms with van der Waals surface area (Å²) in [4.78, 5) is 21.2. The topological polar surface area (TPSA) is 138 Å². The molecular formula is C12H8Hg3N4O4. The van der Waals surface area contributed by atoms with E-state index >= 15 is 0 Å². The number of rotatable bonds is 4. The number of nitrogens with zero attached hydrogens (tertiary/aromatic N) is 2. The molecule has 0 saturated carbocycles. The molecule has 23 heavy (non-hydrogen) atoms. The molecule has 0 fully saturated rings. The summed E-state index contributed by atoms with van der Waals surface area (Å²) in [6.45, 7) is 0. The predicted molar refractivity (Wildman–Crippen MR) is 73.6 cm³/mol. The average molecular weight is 874 g/mol. The molecule has 0 spiro atoms. The van der Waals surface area contributed by atoms with E-state index in [9.17, 15) is 20.2 Å². The summed E-state index contributed by atoms with van der Waals surface area (Å²) in [7, 11) is 0. The molecule has 0 aliphatic carbocycles. The third-order valence-electron chi connectivity index (χ3n) is 3.47. The van der Waals surface area contributed by atoms with Gasteiger partial charge in [-0.15, -0.1) is 0 Å². The van der Waals surface area contributed by atoms with Gasteiger partial charge < -0.3 is 0 Å². The molecule has 0 radical (unpaired) electrons. The fourth-order valence-corrected chi connectivity index (χ4v) is 20.4. The number of hydrogen-bond acceptors (Lipinski definition) is 6. The van der Waals surface area contributed by atoms with E-state index in [4.69, 9.17) is 11.5 Å². The van der Waals surface area contributed by atoms with Crippen LogP contribution in [-0.4, -0.2) is 9.85 Å². The molecule has 2 aromatic carbocycles. The molecule has 0 aliphatic heterocycles. The van der Waals surface area contributed by atoms with Crippen molar-refractivity contribution >= 4 is 35.0 Å². The molecule has 4 N–H and O–H groups in total. The molecule has 0 amide bonds. The van der Waals surface area contributed by atoms with Crippen molar-refractivity contribution in [1.82, 2.24) is 0 Å². The first-order valence-electron chi connectivity index (χ1n) is 6.48. The predicted octanol–water partition coefficient (Wildman–Crippen LogP) is -0.955. The van der Waals surface area contributed by atoms with Gasteiger partial charge in [0.25, 0.3) is 0 Å². The van der Waals surface area contributed by atoms with E-state index in [-0.39, 0.29) is 63.6 Å². The fraction of sp³-hybridized carbons (Fsp3) is 0. The van der Waals surface area contributed by atoms with Crippen molar-refractivity contribution < 1.29 is 86.7 Å². The maximum absolute atomic E-state index is 11.0. The van der Waals surface area contributed by atoms with Crippen LogP contribution in [0.4, 0.5) is 22.7 Å². The van der Waals surface area contributed by atoms with E-state index in [0.717, 1.165) is 12.3 Å². The van der Waals surface area contributed by atoms with Gasteiger partial charge in [-0.2, -0.15) is 0 Å². The summed E-state index contributed by atoms with van der Waals surface area (Å²) >= 11 is -1.81. The number of nitro benzene ring substituents is 2. The van der Waals surface area contributed by atoms with E-state index in [1.54, 1.807) is 0 Å². The zero-order valence-electron chi connectivity index (χ0n) is 12.1. The second kappa shape index (κ2) is 7.69. The van der Waals surface area contributed by atoms with Gasteiger partial charge in [0, 0.05) is 0 Å². The SMILES string of the molecule is Nc1[c]([Hg])cc([N+](=O)[O-])c[c]1[Hg][c]1cc([N+](=O)[O-])c[c]([Hg])c1N. The van der Waals surface area contributed by atoms with E-state index in [1.165, 1.54) is 24.3 Å². The first-order valence-corrected chi connectivity index (χ1v) is 17.5. The van der Waals surface area contributed by atoms with Crippen LogP contribution in [0, 0.1) is 20.2 Å². The molecule has 0 unspecified atom stereocenters. The van der Waals surface area contributed by atoms with Gasteiger partial charge in [-0.1, -0.05) is 0 Å². The second-order valence-electron chi connectivity index (χ2n) is 5.05. The Bertz CT molecular complexity index is 761. The van der Waals surface area contributed by atoms with Crippen LogP contribution in [0.5, 0.6) is 0 Å². The zero-order valence-corrected chi connectivity index (χ0v) is 28.6. The number of nitrogens with two attached hydrogens (primary N) is 2. The van der Waals surface area contributed by atoms with Gasteiger partial charge in [0.2, 0.25) is 0 Å². The first-order chi connectivity index (χ1) is 10.7. The standard InChI is InChI=1S/2C6H4N2O2.3Hg/c2*7-5-1-3-6(4-2-5)8(9)10;;;/h2*3-4H,7H2;;;. The number of hydrogen-bond donors (Lipinski definition) is 2. The molecule has 2 aromatic rings. The molecule has 0 saturated heterocycles. The van der Waals surface area contributed by atoms with Gasteiger partial charge in [0.1, 0.15) is 0 Å². The van der Waals surface area contributed by atoms with Gasteiger partial charge in [0.15, 0.2) is 0 Å². The van der Waals surface area contributed by atoms with Gasteiger partial charge in [-0.25, -0.2) is 0 Å². The zero-order chi connectivity index (χ0) is 17.3. The molecular weight excluding hydrogens is 866 g/mol. The Morgan fingerprint density at radius 3 is 1.48 bits per heavy atom. The van der Waals surface area contributed by atoms with E-state index in [1.807, 2.05) is 0 Å². The van der Waals surface area contributed by atoms with Crippen LogP contribution in [0.1, 0.15) is 0 Å². The van der Waals surface area contributed by atoms with Gasteiger partial charge >= 0.3 is 178 Å². The van der Waals surface area contributed by atoms with Gasteiger partial charge in [0.05, 0.1) is 0 Å². The summed E-state index contributed by atoms with van der Waals surface area (Å²) in [6.07, 6.45) is 0. The quantitative estimate of drug-likeness (QED) is 0.176. The molecule has 0 atom stereocenters.